The average molecular weight is 351 g/mol. The van der Waals surface area contributed by atoms with Gasteiger partial charge in [-0.2, -0.15) is 0 Å². The molecule has 0 spiro atoms. The van der Waals surface area contributed by atoms with Gasteiger partial charge in [0.05, 0.1) is 5.02 Å². The monoisotopic (exact) mass is 350 g/mol. The Morgan fingerprint density at radius 2 is 2.04 bits per heavy atom. The molecule has 6 heteroatoms. The molecular formula is C17H16Cl2N2O2. The Bertz CT molecular complexity index is 676. The van der Waals surface area contributed by atoms with Gasteiger partial charge >= 0.3 is 6.09 Å². The molecule has 0 aliphatic carbocycles. The molecule has 1 N–H and O–H groups in total. The molecule has 0 bridgehead atoms. The molecule has 2 aromatic rings. The van der Waals surface area contributed by atoms with Crippen molar-refractivity contribution in [2.45, 2.75) is 13.0 Å². The molecule has 2 rings (SSSR count). The summed E-state index contributed by atoms with van der Waals surface area (Å²) in [6.45, 7) is 0.746. The van der Waals surface area contributed by atoms with Crippen LogP contribution in [0.2, 0.25) is 10.2 Å². The first-order valence-electron chi connectivity index (χ1n) is 7.07. The first-order chi connectivity index (χ1) is 11.1. The van der Waals surface area contributed by atoms with E-state index in [9.17, 15) is 4.79 Å². The van der Waals surface area contributed by atoms with Crippen molar-refractivity contribution in [3.63, 3.8) is 0 Å². The number of benzene rings is 1. The second-order valence-corrected chi connectivity index (χ2v) is 5.49. The summed E-state index contributed by atoms with van der Waals surface area (Å²) in [6, 6.07) is 11.3. The molecule has 0 saturated heterocycles. The Labute approximate surface area is 145 Å². The van der Waals surface area contributed by atoms with Crippen molar-refractivity contribution in [2.24, 2.45) is 0 Å². The van der Waals surface area contributed by atoms with Crippen LogP contribution in [0, 0.1) is 0 Å². The van der Waals surface area contributed by atoms with Crippen molar-refractivity contribution in [3.8, 4) is 0 Å². The van der Waals surface area contributed by atoms with Crippen LogP contribution in [0.1, 0.15) is 17.5 Å². The molecule has 1 aromatic carbocycles. The SMILES string of the molecule is O=C(NCCC=Cc1cnc(Cl)c(Cl)c1)OCc1ccccc1. The van der Waals surface area contributed by atoms with Crippen LogP contribution < -0.4 is 5.32 Å². The molecule has 1 aromatic heterocycles. The summed E-state index contributed by atoms with van der Waals surface area (Å²) in [6.07, 6.45) is 5.65. The minimum Gasteiger partial charge on any atom is -0.445 e. The normalized spacial score (nSPS) is 10.7. The van der Waals surface area contributed by atoms with Crippen molar-refractivity contribution < 1.29 is 9.53 Å². The van der Waals surface area contributed by atoms with Gasteiger partial charge in [0.15, 0.2) is 0 Å². The summed E-state index contributed by atoms with van der Waals surface area (Å²) >= 11 is 11.6. The topological polar surface area (TPSA) is 51.2 Å². The van der Waals surface area contributed by atoms with E-state index in [1.165, 1.54) is 0 Å². The maximum absolute atomic E-state index is 11.5. The number of alkyl carbamates (subject to hydrolysis) is 1. The van der Waals surface area contributed by atoms with Crippen molar-refractivity contribution >= 4 is 35.4 Å². The maximum atomic E-state index is 11.5. The molecular weight excluding hydrogens is 335 g/mol. The number of carbonyl (C=O) groups is 1. The number of nitrogens with zero attached hydrogens (tertiary/aromatic N) is 1. The van der Waals surface area contributed by atoms with Gasteiger partial charge < -0.3 is 10.1 Å². The highest BCUT2D eigenvalue weighted by Crippen LogP contribution is 2.20. The summed E-state index contributed by atoms with van der Waals surface area (Å²) in [5, 5.41) is 3.38. The molecule has 0 atom stereocenters. The number of carbonyl (C=O) groups excluding carboxylic acids is 1. The molecule has 4 nitrogen and oxygen atoms in total. The van der Waals surface area contributed by atoms with E-state index in [1.54, 1.807) is 12.3 Å². The lowest BCUT2D eigenvalue weighted by Crippen LogP contribution is -2.24. The second kappa shape index (κ2) is 9.18. The zero-order chi connectivity index (χ0) is 16.5. The first-order valence-corrected chi connectivity index (χ1v) is 7.83. The first kappa shape index (κ1) is 17.3. The largest absolute Gasteiger partial charge is 0.445 e. The molecule has 23 heavy (non-hydrogen) atoms. The molecule has 1 heterocycles. The lowest BCUT2D eigenvalue weighted by molar-refractivity contribution is 0.140. The van der Waals surface area contributed by atoms with Gasteiger partial charge in [0.2, 0.25) is 0 Å². The number of nitrogens with one attached hydrogen (secondary N) is 1. The number of halogens is 2. The lowest BCUT2D eigenvalue weighted by atomic mass is 10.2. The van der Waals surface area contributed by atoms with E-state index in [2.05, 4.69) is 10.3 Å². The molecule has 0 fully saturated rings. The Morgan fingerprint density at radius 1 is 1.26 bits per heavy atom. The van der Waals surface area contributed by atoms with Crippen LogP contribution in [-0.4, -0.2) is 17.6 Å². The fraction of sp³-hybridized carbons (Fsp3) is 0.176. The number of amides is 1. The highest BCUT2D eigenvalue weighted by Gasteiger charge is 2.01. The minimum atomic E-state index is -0.432. The highest BCUT2D eigenvalue weighted by molar-refractivity contribution is 6.41. The molecule has 1 amide bonds. The number of aromatic nitrogens is 1. The molecule has 0 radical (unpaired) electrons. The van der Waals surface area contributed by atoms with Gasteiger partial charge in [-0.15, -0.1) is 0 Å². The van der Waals surface area contributed by atoms with Crippen LogP contribution in [0.25, 0.3) is 6.08 Å². The Kier molecular flexibility index (Phi) is 6.91. The number of rotatable bonds is 6. The lowest BCUT2D eigenvalue weighted by Gasteiger charge is -2.05. The third kappa shape index (κ3) is 6.30. The quantitative estimate of drug-likeness (QED) is 0.605. The predicted octanol–water partition coefficient (Wildman–Crippen LogP) is 4.72. The molecule has 0 saturated carbocycles. The van der Waals surface area contributed by atoms with Gasteiger partial charge in [-0.1, -0.05) is 65.7 Å². The van der Waals surface area contributed by atoms with Gasteiger partial charge in [-0.05, 0) is 23.6 Å². The summed E-state index contributed by atoms with van der Waals surface area (Å²) in [5.74, 6) is 0. The van der Waals surface area contributed by atoms with Crippen LogP contribution in [0.15, 0.2) is 48.7 Å². The number of pyridine rings is 1. The third-order valence-electron chi connectivity index (χ3n) is 2.92. The second-order valence-electron chi connectivity index (χ2n) is 4.72. The number of hydrogen-bond donors (Lipinski definition) is 1. The fourth-order valence-electron chi connectivity index (χ4n) is 1.78. The van der Waals surface area contributed by atoms with Crippen LogP contribution >= 0.6 is 23.2 Å². The van der Waals surface area contributed by atoms with E-state index in [0.717, 1.165) is 11.1 Å². The van der Waals surface area contributed by atoms with Crippen molar-refractivity contribution in [2.75, 3.05) is 6.54 Å². The van der Waals surface area contributed by atoms with Crippen molar-refractivity contribution in [1.29, 1.82) is 0 Å². The molecule has 0 unspecified atom stereocenters. The van der Waals surface area contributed by atoms with E-state index in [1.807, 2.05) is 42.5 Å². The van der Waals surface area contributed by atoms with Crippen LogP contribution in [-0.2, 0) is 11.3 Å². The highest BCUT2D eigenvalue weighted by atomic mass is 35.5. The maximum Gasteiger partial charge on any atom is 0.407 e. The molecule has 0 aliphatic heterocycles. The van der Waals surface area contributed by atoms with Crippen LogP contribution in [0.5, 0.6) is 0 Å². The minimum absolute atomic E-state index is 0.261. The smallest absolute Gasteiger partial charge is 0.407 e. The summed E-state index contributed by atoms with van der Waals surface area (Å²) in [5.41, 5.74) is 1.81. The predicted molar refractivity (Wildman–Crippen MR) is 92.5 cm³/mol. The van der Waals surface area contributed by atoms with Gasteiger partial charge in [0.25, 0.3) is 0 Å². The van der Waals surface area contributed by atoms with E-state index in [4.69, 9.17) is 27.9 Å². The Morgan fingerprint density at radius 3 is 2.78 bits per heavy atom. The summed E-state index contributed by atoms with van der Waals surface area (Å²) in [4.78, 5) is 15.5. The van der Waals surface area contributed by atoms with Gasteiger partial charge in [0, 0.05) is 12.7 Å². The van der Waals surface area contributed by atoms with Crippen LogP contribution in [0.3, 0.4) is 0 Å². The fourth-order valence-corrected chi connectivity index (χ4v) is 2.06. The Hall–Kier alpha value is -2.04. The zero-order valence-electron chi connectivity index (χ0n) is 12.3. The average Bonchev–Trinajstić information content (AvgIpc) is 2.57. The van der Waals surface area contributed by atoms with Crippen molar-refractivity contribution in [1.82, 2.24) is 10.3 Å². The summed E-state index contributed by atoms with van der Waals surface area (Å²) in [7, 11) is 0. The standard InChI is InChI=1S/C17H16Cl2N2O2/c18-15-10-14(11-21-16(15)19)8-4-5-9-20-17(22)23-12-13-6-2-1-3-7-13/h1-4,6-8,10-11H,5,9,12H2,(H,20,22). The van der Waals surface area contributed by atoms with Crippen LogP contribution in [0.4, 0.5) is 4.79 Å². The van der Waals surface area contributed by atoms with E-state index < -0.39 is 6.09 Å². The number of hydrogen-bond acceptors (Lipinski definition) is 3. The van der Waals surface area contributed by atoms with Gasteiger partial charge in [0.1, 0.15) is 11.8 Å². The van der Waals surface area contributed by atoms with Crippen molar-refractivity contribution in [3.05, 3.63) is 70.0 Å². The Balaban J connectivity index is 1.65. The zero-order valence-corrected chi connectivity index (χ0v) is 13.8. The van der Waals surface area contributed by atoms with Gasteiger partial charge in [-0.3, -0.25) is 0 Å². The van der Waals surface area contributed by atoms with E-state index in [0.29, 0.717) is 18.0 Å². The third-order valence-corrected chi connectivity index (χ3v) is 3.61. The number of ether oxygens (including phenoxy) is 1. The summed E-state index contributed by atoms with van der Waals surface area (Å²) < 4.78 is 5.11. The van der Waals surface area contributed by atoms with E-state index in [-0.39, 0.29) is 11.8 Å². The molecule has 0 aliphatic rings. The van der Waals surface area contributed by atoms with Gasteiger partial charge in [-0.25, -0.2) is 9.78 Å². The van der Waals surface area contributed by atoms with E-state index >= 15 is 0 Å². The molecule has 120 valence electrons.